The van der Waals surface area contributed by atoms with E-state index in [4.69, 9.17) is 0 Å². The van der Waals surface area contributed by atoms with Crippen LogP contribution >= 0.6 is 0 Å². The average Bonchev–Trinajstić information content (AvgIpc) is 2.22. The van der Waals surface area contributed by atoms with Gasteiger partial charge in [-0.25, -0.2) is 13.2 Å². The minimum Gasteiger partial charge on any atom is -0.432 e. The number of hydroxylamine groups is 1. The first-order valence-electron chi connectivity index (χ1n) is 4.30. The van der Waals surface area contributed by atoms with E-state index in [0.717, 1.165) is 0 Å². The number of ether oxygens (including phenoxy) is 1. The molecule has 1 amide bonds. The van der Waals surface area contributed by atoms with Crippen molar-refractivity contribution < 1.29 is 32.4 Å². The largest absolute Gasteiger partial charge is 0.533 e. The van der Waals surface area contributed by atoms with Crippen LogP contribution in [0.15, 0.2) is 0 Å². The summed E-state index contributed by atoms with van der Waals surface area (Å²) in [6.07, 6.45) is -2.05. The Kier molecular flexibility index (Phi) is 3.82. The minimum atomic E-state index is -3.98. The van der Waals surface area contributed by atoms with Gasteiger partial charge in [-0.3, -0.25) is 9.59 Å². The van der Waals surface area contributed by atoms with Gasteiger partial charge in [0.25, 0.3) is 5.91 Å². The molecule has 0 radical (unpaired) electrons. The summed E-state index contributed by atoms with van der Waals surface area (Å²) in [6.45, 7) is -0.497. The lowest BCUT2D eigenvalue weighted by Crippen LogP contribution is -2.27. The van der Waals surface area contributed by atoms with Gasteiger partial charge in [0.05, 0.1) is 5.75 Å². The van der Waals surface area contributed by atoms with E-state index in [9.17, 15) is 22.8 Å². The number of carbonyl (C=O) groups excluding carboxylic acids is 3. The lowest BCUT2D eigenvalue weighted by molar-refractivity contribution is -0.132. The van der Waals surface area contributed by atoms with Crippen molar-refractivity contribution in [3.05, 3.63) is 0 Å². The molecule has 1 aliphatic rings. The SMILES string of the molecule is O=C1CCC(=O)S(=O)(=O)CCOC(=O)ON1. The Morgan fingerprint density at radius 3 is 2.50 bits per heavy atom. The summed E-state index contributed by atoms with van der Waals surface area (Å²) < 4.78 is 26.8. The molecule has 8 nitrogen and oxygen atoms in total. The Bertz CT molecular complexity index is 412. The molecule has 0 aromatic heterocycles. The van der Waals surface area contributed by atoms with Gasteiger partial charge in [-0.05, 0) is 0 Å². The molecule has 0 aliphatic carbocycles. The predicted octanol–water partition coefficient (Wildman–Crippen LogP) is -1.09. The molecule has 1 heterocycles. The van der Waals surface area contributed by atoms with Gasteiger partial charge in [-0.15, -0.1) is 0 Å². The van der Waals surface area contributed by atoms with Crippen molar-refractivity contribution in [3.63, 3.8) is 0 Å². The van der Waals surface area contributed by atoms with Crippen LogP contribution in [0.25, 0.3) is 0 Å². The summed E-state index contributed by atoms with van der Waals surface area (Å²) in [5, 5.41) is -1.06. The molecule has 90 valence electrons. The Labute approximate surface area is 90.8 Å². The molecule has 0 unspecified atom stereocenters. The van der Waals surface area contributed by atoms with Crippen LogP contribution in [0.4, 0.5) is 4.79 Å². The molecule has 0 aromatic rings. The highest BCUT2D eigenvalue weighted by Gasteiger charge is 2.24. The maximum absolute atomic E-state index is 11.2. The molecule has 1 saturated heterocycles. The number of hydrogen-bond donors (Lipinski definition) is 1. The standard InChI is InChI=1S/C7H9NO7S/c9-5-1-2-6(10)16(12,13)4-3-14-7(11)15-8-5/h1-4H2,(H,8,9). The molecular formula is C7H9NO7S. The summed E-state index contributed by atoms with van der Waals surface area (Å²) >= 11 is 0. The van der Waals surface area contributed by atoms with E-state index < -0.39 is 45.8 Å². The van der Waals surface area contributed by atoms with Crippen LogP contribution in [0.3, 0.4) is 0 Å². The van der Waals surface area contributed by atoms with Crippen LogP contribution in [0, 0.1) is 0 Å². The van der Waals surface area contributed by atoms with Crippen molar-refractivity contribution in [1.82, 2.24) is 5.48 Å². The van der Waals surface area contributed by atoms with E-state index >= 15 is 0 Å². The highest BCUT2D eigenvalue weighted by molar-refractivity contribution is 8.06. The quantitative estimate of drug-likeness (QED) is 0.543. The van der Waals surface area contributed by atoms with Gasteiger partial charge in [-0.2, -0.15) is 5.48 Å². The summed E-state index contributed by atoms with van der Waals surface area (Å²) in [7, 11) is -3.98. The van der Waals surface area contributed by atoms with Crippen molar-refractivity contribution in [3.8, 4) is 0 Å². The molecule has 0 spiro atoms. The first kappa shape index (κ1) is 12.4. The Morgan fingerprint density at radius 2 is 1.81 bits per heavy atom. The number of carbonyl (C=O) groups is 3. The van der Waals surface area contributed by atoms with Crippen LogP contribution < -0.4 is 5.48 Å². The number of cyclic esters (lactones) is 1. The number of nitrogens with one attached hydrogen (secondary N) is 1. The van der Waals surface area contributed by atoms with Gasteiger partial charge in [0.15, 0.2) is 0 Å². The van der Waals surface area contributed by atoms with Crippen molar-refractivity contribution in [2.75, 3.05) is 12.4 Å². The monoisotopic (exact) mass is 251 g/mol. The molecule has 1 fully saturated rings. The van der Waals surface area contributed by atoms with Crippen molar-refractivity contribution >= 4 is 27.0 Å². The van der Waals surface area contributed by atoms with E-state index in [0.29, 0.717) is 0 Å². The summed E-state index contributed by atoms with van der Waals surface area (Å²) in [6, 6.07) is 0. The summed E-state index contributed by atoms with van der Waals surface area (Å²) in [5.74, 6) is -1.39. The molecule has 9 heteroatoms. The molecule has 16 heavy (non-hydrogen) atoms. The number of amides is 1. The Hall–Kier alpha value is -1.64. The van der Waals surface area contributed by atoms with Crippen molar-refractivity contribution in [1.29, 1.82) is 0 Å². The van der Waals surface area contributed by atoms with Crippen molar-refractivity contribution in [2.24, 2.45) is 0 Å². The molecule has 0 bridgehead atoms. The van der Waals surface area contributed by atoms with Gasteiger partial charge in [0.2, 0.25) is 15.0 Å². The average molecular weight is 251 g/mol. The molecule has 0 saturated carbocycles. The first-order valence-corrected chi connectivity index (χ1v) is 5.95. The molecule has 0 atom stereocenters. The van der Waals surface area contributed by atoms with Gasteiger partial charge in [0.1, 0.15) is 6.61 Å². The van der Waals surface area contributed by atoms with Crippen LogP contribution in [0.1, 0.15) is 12.8 Å². The van der Waals surface area contributed by atoms with Gasteiger partial charge in [-0.1, -0.05) is 0 Å². The third-order valence-corrected chi connectivity index (χ3v) is 3.33. The molecular weight excluding hydrogens is 242 g/mol. The van der Waals surface area contributed by atoms with Crippen LogP contribution in [0.5, 0.6) is 0 Å². The highest BCUT2D eigenvalue weighted by atomic mass is 32.2. The van der Waals surface area contributed by atoms with E-state index in [1.807, 2.05) is 0 Å². The second kappa shape index (κ2) is 4.92. The maximum atomic E-state index is 11.2. The first-order chi connectivity index (χ1) is 7.42. The maximum Gasteiger partial charge on any atom is 0.533 e. The second-order valence-electron chi connectivity index (χ2n) is 2.92. The highest BCUT2D eigenvalue weighted by Crippen LogP contribution is 2.02. The smallest absolute Gasteiger partial charge is 0.432 e. The lowest BCUT2D eigenvalue weighted by atomic mass is 10.3. The van der Waals surface area contributed by atoms with Crippen LogP contribution in [-0.4, -0.2) is 38.0 Å². The molecule has 1 aliphatic heterocycles. The third kappa shape index (κ3) is 3.50. The van der Waals surface area contributed by atoms with Crippen molar-refractivity contribution in [2.45, 2.75) is 12.8 Å². The predicted molar refractivity (Wildman–Crippen MR) is 48.6 cm³/mol. The van der Waals surface area contributed by atoms with E-state index in [1.54, 1.807) is 5.48 Å². The zero-order valence-corrected chi connectivity index (χ0v) is 8.91. The number of sulfone groups is 1. The topological polar surface area (TPSA) is 116 Å². The fourth-order valence-corrected chi connectivity index (χ4v) is 1.84. The summed E-state index contributed by atoms with van der Waals surface area (Å²) in [5.41, 5.74) is 1.72. The Morgan fingerprint density at radius 1 is 1.12 bits per heavy atom. The van der Waals surface area contributed by atoms with Crippen LogP contribution in [0.2, 0.25) is 0 Å². The van der Waals surface area contributed by atoms with E-state index in [-0.39, 0.29) is 6.42 Å². The van der Waals surface area contributed by atoms with E-state index in [1.165, 1.54) is 0 Å². The number of rotatable bonds is 0. The zero-order chi connectivity index (χ0) is 12.2. The van der Waals surface area contributed by atoms with Gasteiger partial charge in [0, 0.05) is 12.8 Å². The van der Waals surface area contributed by atoms with Gasteiger partial charge < -0.3 is 9.57 Å². The zero-order valence-electron chi connectivity index (χ0n) is 8.09. The summed E-state index contributed by atoms with van der Waals surface area (Å²) in [4.78, 5) is 36.9. The van der Waals surface area contributed by atoms with Crippen LogP contribution in [-0.2, 0) is 29.0 Å². The van der Waals surface area contributed by atoms with E-state index in [2.05, 4.69) is 9.57 Å². The Balaban J connectivity index is 2.76. The molecule has 0 aromatic carbocycles. The normalized spacial score (nSPS) is 22.4. The van der Waals surface area contributed by atoms with Gasteiger partial charge >= 0.3 is 6.16 Å². The fourth-order valence-electron chi connectivity index (χ4n) is 0.899. The second-order valence-corrected chi connectivity index (χ2v) is 5.01. The molecule has 1 rings (SSSR count). The fraction of sp³-hybridized carbons (Fsp3) is 0.571. The number of hydrogen-bond acceptors (Lipinski definition) is 7. The molecule has 1 N–H and O–H groups in total. The minimum absolute atomic E-state index is 0.370. The lowest BCUT2D eigenvalue weighted by Gasteiger charge is -2.03. The third-order valence-electron chi connectivity index (χ3n) is 1.72.